The standard InChI is InChI=1S/C17H28N6O3S2.HI/c1-14(2)26-9-11-28(24,25)23-6-4-21(5-7-23)16(18-3)19-12-15-13-22-8-10-27-17(22)20-15;/h8,10,13-14H,4-7,9,11-12H2,1-3H3,(H,18,19);1H. The molecule has 0 radical (unpaired) electrons. The summed E-state index contributed by atoms with van der Waals surface area (Å²) in [5.41, 5.74) is 0.944. The van der Waals surface area contributed by atoms with Crippen molar-refractivity contribution in [3.63, 3.8) is 0 Å². The molecular weight excluding hydrogens is 527 g/mol. The number of nitrogens with zero attached hydrogens (tertiary/aromatic N) is 5. The van der Waals surface area contributed by atoms with Crippen LogP contribution in [0.5, 0.6) is 0 Å². The molecule has 0 aliphatic carbocycles. The lowest BCUT2D eigenvalue weighted by atomic mass is 10.4. The first kappa shape index (κ1) is 24.3. The van der Waals surface area contributed by atoms with Gasteiger partial charge in [0.1, 0.15) is 0 Å². The van der Waals surface area contributed by atoms with Gasteiger partial charge in [-0.2, -0.15) is 4.31 Å². The number of thiazole rings is 1. The first-order chi connectivity index (χ1) is 13.4. The van der Waals surface area contributed by atoms with Crippen LogP contribution in [0.2, 0.25) is 0 Å². The van der Waals surface area contributed by atoms with Crippen LogP contribution in [0.4, 0.5) is 0 Å². The second kappa shape index (κ2) is 10.9. The summed E-state index contributed by atoms with van der Waals surface area (Å²) in [6, 6.07) is 0. The van der Waals surface area contributed by atoms with Crippen LogP contribution in [-0.2, 0) is 21.3 Å². The van der Waals surface area contributed by atoms with Crippen molar-refractivity contribution in [2.45, 2.75) is 26.5 Å². The molecule has 29 heavy (non-hydrogen) atoms. The molecule has 0 atom stereocenters. The monoisotopic (exact) mass is 556 g/mol. The average molecular weight is 556 g/mol. The van der Waals surface area contributed by atoms with Gasteiger partial charge in [-0.15, -0.1) is 35.3 Å². The third-order valence-corrected chi connectivity index (χ3v) is 7.11. The molecule has 2 aromatic heterocycles. The minimum absolute atomic E-state index is 0. The molecular formula is C17H29IN6O3S2. The average Bonchev–Trinajstić information content (AvgIpc) is 3.24. The number of fused-ring (bicyclic) bond motifs is 1. The number of guanidine groups is 1. The Morgan fingerprint density at radius 1 is 1.34 bits per heavy atom. The SMILES string of the molecule is CN=C(NCc1cn2ccsc2n1)N1CCN(S(=O)(=O)CCOC(C)C)CC1.I. The molecule has 2 aromatic rings. The summed E-state index contributed by atoms with van der Waals surface area (Å²) >= 11 is 1.60. The number of rotatable bonds is 7. The largest absolute Gasteiger partial charge is 0.378 e. The van der Waals surface area contributed by atoms with Gasteiger partial charge >= 0.3 is 0 Å². The van der Waals surface area contributed by atoms with E-state index < -0.39 is 10.0 Å². The molecule has 12 heteroatoms. The van der Waals surface area contributed by atoms with Gasteiger partial charge in [-0.05, 0) is 13.8 Å². The van der Waals surface area contributed by atoms with Crippen LogP contribution in [0.1, 0.15) is 19.5 Å². The highest BCUT2D eigenvalue weighted by Gasteiger charge is 2.28. The topological polar surface area (TPSA) is 91.5 Å². The van der Waals surface area contributed by atoms with Gasteiger partial charge in [0.15, 0.2) is 10.9 Å². The molecule has 1 N–H and O–H groups in total. The highest BCUT2D eigenvalue weighted by Crippen LogP contribution is 2.12. The lowest BCUT2D eigenvalue weighted by molar-refractivity contribution is 0.0904. The molecule has 3 heterocycles. The number of sulfonamides is 1. The summed E-state index contributed by atoms with van der Waals surface area (Å²) in [4.78, 5) is 11.9. The molecule has 1 fully saturated rings. The number of aliphatic imine (C=N–C) groups is 1. The number of nitrogens with one attached hydrogen (secondary N) is 1. The molecule has 0 amide bonds. The first-order valence-corrected chi connectivity index (χ1v) is 11.8. The molecule has 0 spiro atoms. The molecule has 164 valence electrons. The molecule has 0 saturated carbocycles. The van der Waals surface area contributed by atoms with Crippen LogP contribution in [0.3, 0.4) is 0 Å². The van der Waals surface area contributed by atoms with Crippen molar-refractivity contribution < 1.29 is 13.2 Å². The summed E-state index contributed by atoms with van der Waals surface area (Å²) in [6.45, 7) is 6.70. The fraction of sp³-hybridized carbons (Fsp3) is 0.647. The predicted octanol–water partition coefficient (Wildman–Crippen LogP) is 1.46. The number of halogens is 1. The van der Waals surface area contributed by atoms with Gasteiger partial charge in [-0.25, -0.2) is 13.4 Å². The Labute approximate surface area is 193 Å². The quantitative estimate of drug-likeness (QED) is 0.316. The number of piperazine rings is 1. The van der Waals surface area contributed by atoms with E-state index in [0.717, 1.165) is 16.6 Å². The summed E-state index contributed by atoms with van der Waals surface area (Å²) in [5.74, 6) is 0.784. The summed E-state index contributed by atoms with van der Waals surface area (Å²) < 4.78 is 33.8. The number of imidazole rings is 1. The zero-order valence-electron chi connectivity index (χ0n) is 16.9. The molecule has 3 rings (SSSR count). The van der Waals surface area contributed by atoms with Gasteiger partial charge in [-0.3, -0.25) is 9.39 Å². The van der Waals surface area contributed by atoms with Gasteiger partial charge in [0, 0.05) is 51.0 Å². The van der Waals surface area contributed by atoms with Crippen LogP contribution >= 0.6 is 35.3 Å². The van der Waals surface area contributed by atoms with Crippen LogP contribution < -0.4 is 5.32 Å². The smallest absolute Gasteiger partial charge is 0.216 e. The van der Waals surface area contributed by atoms with Crippen molar-refractivity contribution in [2.24, 2.45) is 4.99 Å². The normalized spacial score (nSPS) is 16.4. The molecule has 1 aliphatic rings. The fourth-order valence-corrected chi connectivity index (χ4v) is 5.06. The van der Waals surface area contributed by atoms with Gasteiger partial charge in [0.2, 0.25) is 10.0 Å². The minimum Gasteiger partial charge on any atom is -0.378 e. The zero-order chi connectivity index (χ0) is 20.1. The number of aromatic nitrogens is 2. The molecule has 0 aromatic carbocycles. The zero-order valence-corrected chi connectivity index (χ0v) is 20.9. The Morgan fingerprint density at radius 3 is 2.69 bits per heavy atom. The van der Waals surface area contributed by atoms with Crippen molar-refractivity contribution in [1.29, 1.82) is 0 Å². The number of hydrogen-bond donors (Lipinski definition) is 1. The molecule has 1 saturated heterocycles. The maximum absolute atomic E-state index is 12.5. The highest BCUT2D eigenvalue weighted by molar-refractivity contribution is 14.0. The van der Waals surface area contributed by atoms with Crippen LogP contribution in [-0.4, -0.2) is 84.7 Å². The maximum atomic E-state index is 12.5. The molecule has 0 unspecified atom stereocenters. The van der Waals surface area contributed by atoms with E-state index in [-0.39, 0.29) is 42.4 Å². The second-order valence-corrected chi connectivity index (χ2v) is 9.81. The van der Waals surface area contributed by atoms with Crippen molar-refractivity contribution in [1.82, 2.24) is 23.9 Å². The van der Waals surface area contributed by atoms with E-state index in [9.17, 15) is 8.42 Å². The Hall–Kier alpha value is -0.960. The van der Waals surface area contributed by atoms with Crippen LogP contribution in [0.25, 0.3) is 4.96 Å². The van der Waals surface area contributed by atoms with Crippen molar-refractivity contribution in [2.75, 3.05) is 45.6 Å². The van der Waals surface area contributed by atoms with E-state index in [1.54, 1.807) is 22.7 Å². The summed E-state index contributed by atoms with van der Waals surface area (Å²) in [6.07, 6.45) is 4.01. The van der Waals surface area contributed by atoms with E-state index in [1.165, 1.54) is 0 Å². The lowest BCUT2D eigenvalue weighted by Gasteiger charge is -2.35. The Kier molecular flexibility index (Phi) is 9.13. The van der Waals surface area contributed by atoms with Crippen LogP contribution in [0, 0.1) is 0 Å². The number of ether oxygens (including phenoxy) is 1. The van der Waals surface area contributed by atoms with E-state index in [1.807, 2.05) is 36.0 Å². The second-order valence-electron chi connectivity index (χ2n) is 6.85. The van der Waals surface area contributed by atoms with Crippen molar-refractivity contribution >= 4 is 56.3 Å². The van der Waals surface area contributed by atoms with E-state index in [4.69, 9.17) is 4.74 Å². The van der Waals surface area contributed by atoms with E-state index in [2.05, 4.69) is 20.2 Å². The van der Waals surface area contributed by atoms with Gasteiger partial charge in [-0.1, -0.05) is 0 Å². The molecule has 9 nitrogen and oxygen atoms in total. The van der Waals surface area contributed by atoms with E-state index in [0.29, 0.717) is 32.7 Å². The molecule has 0 bridgehead atoms. The van der Waals surface area contributed by atoms with Crippen LogP contribution in [0.15, 0.2) is 22.8 Å². The Balaban J connectivity index is 0.00000300. The van der Waals surface area contributed by atoms with Crippen molar-refractivity contribution in [3.8, 4) is 0 Å². The lowest BCUT2D eigenvalue weighted by Crippen LogP contribution is -2.54. The summed E-state index contributed by atoms with van der Waals surface area (Å²) in [7, 11) is -1.55. The fourth-order valence-electron chi connectivity index (χ4n) is 3.06. The Morgan fingerprint density at radius 2 is 2.07 bits per heavy atom. The number of hydrogen-bond acceptors (Lipinski definition) is 6. The summed E-state index contributed by atoms with van der Waals surface area (Å²) in [5, 5.41) is 5.32. The van der Waals surface area contributed by atoms with Gasteiger partial charge < -0.3 is 15.0 Å². The van der Waals surface area contributed by atoms with Gasteiger partial charge in [0.25, 0.3) is 0 Å². The third-order valence-electron chi connectivity index (χ3n) is 4.51. The predicted molar refractivity (Wildman–Crippen MR) is 127 cm³/mol. The minimum atomic E-state index is -3.29. The highest BCUT2D eigenvalue weighted by atomic mass is 127. The third kappa shape index (κ3) is 6.51. The maximum Gasteiger partial charge on any atom is 0.216 e. The first-order valence-electron chi connectivity index (χ1n) is 9.35. The van der Waals surface area contributed by atoms with E-state index >= 15 is 0 Å². The molecule has 1 aliphatic heterocycles. The van der Waals surface area contributed by atoms with Crippen molar-refractivity contribution in [3.05, 3.63) is 23.5 Å². The van der Waals surface area contributed by atoms with Gasteiger partial charge in [0.05, 0.1) is 30.7 Å². The Bertz CT molecular complexity index is 875.